The van der Waals surface area contributed by atoms with Crippen molar-refractivity contribution in [1.82, 2.24) is 19.9 Å². The van der Waals surface area contributed by atoms with Gasteiger partial charge in [-0.3, -0.25) is 4.98 Å². The number of ether oxygens (including phenoxy) is 2. The van der Waals surface area contributed by atoms with E-state index in [9.17, 15) is 4.39 Å². The fourth-order valence-electron chi connectivity index (χ4n) is 4.48. The molecule has 1 fully saturated rings. The largest absolute Gasteiger partial charge is 0.488 e. The summed E-state index contributed by atoms with van der Waals surface area (Å²) in [5, 5.41) is 3.64. The first-order chi connectivity index (χ1) is 17.4. The van der Waals surface area contributed by atoms with Crippen molar-refractivity contribution in [3.8, 4) is 5.75 Å². The summed E-state index contributed by atoms with van der Waals surface area (Å²) in [7, 11) is 3.94. The molecule has 2 aromatic heterocycles. The van der Waals surface area contributed by atoms with Crippen LogP contribution in [0.3, 0.4) is 0 Å². The lowest BCUT2D eigenvalue weighted by Crippen LogP contribution is -2.36. The second-order valence-corrected chi connectivity index (χ2v) is 9.09. The lowest BCUT2D eigenvalue weighted by molar-refractivity contribution is 0.122. The van der Waals surface area contributed by atoms with Gasteiger partial charge in [0.05, 0.1) is 29.6 Å². The van der Waals surface area contributed by atoms with E-state index in [0.29, 0.717) is 36.4 Å². The summed E-state index contributed by atoms with van der Waals surface area (Å²) in [6.07, 6.45) is 2.71. The lowest BCUT2D eigenvalue weighted by Gasteiger charge is -2.30. The standard InChI is InChI=1S/C26H28F2N6O2/c1-16(14-33(2)3)36-22-12-17(34-7-9-35-10-8-34)11-21-23(22)26(31-15-30-21)32-25-19(27)13-20-18(24(25)28)5-4-6-29-20/h4-6,11-13,15-16H,7-10,14H2,1-3H3,(H,30,31,32)/t16-/m1/s1. The lowest BCUT2D eigenvalue weighted by atomic mass is 10.1. The Balaban J connectivity index is 1.62. The van der Waals surface area contributed by atoms with Crippen LogP contribution >= 0.6 is 0 Å². The predicted molar refractivity (Wildman–Crippen MR) is 136 cm³/mol. The predicted octanol–water partition coefficient (Wildman–Crippen LogP) is 4.37. The Morgan fingerprint density at radius 3 is 2.69 bits per heavy atom. The minimum atomic E-state index is -0.765. The van der Waals surface area contributed by atoms with Crippen LogP contribution in [0, 0.1) is 11.6 Å². The van der Waals surface area contributed by atoms with Gasteiger partial charge in [0.2, 0.25) is 0 Å². The highest BCUT2D eigenvalue weighted by Gasteiger charge is 2.21. The third kappa shape index (κ3) is 4.87. The molecule has 1 aliphatic heterocycles. The van der Waals surface area contributed by atoms with E-state index in [-0.39, 0.29) is 28.5 Å². The summed E-state index contributed by atoms with van der Waals surface area (Å²) in [5.41, 5.74) is 1.48. The number of anilines is 3. The summed E-state index contributed by atoms with van der Waals surface area (Å²) in [4.78, 5) is 17.1. The monoisotopic (exact) mass is 494 g/mol. The molecular weight excluding hydrogens is 466 g/mol. The molecule has 1 N–H and O–H groups in total. The molecule has 2 aromatic carbocycles. The zero-order chi connectivity index (χ0) is 25.2. The Morgan fingerprint density at radius 2 is 1.92 bits per heavy atom. The van der Waals surface area contributed by atoms with Crippen molar-refractivity contribution in [1.29, 1.82) is 0 Å². The topological polar surface area (TPSA) is 75.6 Å². The zero-order valence-electron chi connectivity index (χ0n) is 20.5. The number of benzene rings is 2. The first-order valence-corrected chi connectivity index (χ1v) is 11.8. The van der Waals surface area contributed by atoms with Crippen LogP contribution < -0.4 is 15.0 Å². The van der Waals surface area contributed by atoms with Crippen molar-refractivity contribution in [2.75, 3.05) is 57.2 Å². The van der Waals surface area contributed by atoms with Gasteiger partial charge in [-0.05, 0) is 39.2 Å². The van der Waals surface area contributed by atoms with Gasteiger partial charge >= 0.3 is 0 Å². The molecule has 1 atom stereocenters. The van der Waals surface area contributed by atoms with Gasteiger partial charge in [0.15, 0.2) is 11.6 Å². The zero-order valence-corrected chi connectivity index (χ0v) is 20.5. The molecule has 0 radical (unpaired) electrons. The molecule has 8 nitrogen and oxygen atoms in total. The van der Waals surface area contributed by atoms with Gasteiger partial charge < -0.3 is 24.6 Å². The van der Waals surface area contributed by atoms with Crippen molar-refractivity contribution in [2.45, 2.75) is 13.0 Å². The molecule has 0 saturated carbocycles. The third-order valence-corrected chi connectivity index (χ3v) is 6.05. The molecule has 188 valence electrons. The minimum absolute atomic E-state index is 0.156. The maximum absolute atomic E-state index is 15.3. The van der Waals surface area contributed by atoms with Gasteiger partial charge in [-0.25, -0.2) is 18.7 Å². The Morgan fingerprint density at radius 1 is 1.11 bits per heavy atom. The van der Waals surface area contributed by atoms with Gasteiger partial charge in [-0.1, -0.05) is 0 Å². The number of rotatable bonds is 7. The number of hydrogen-bond donors (Lipinski definition) is 1. The molecule has 0 spiro atoms. The molecule has 0 unspecified atom stereocenters. The normalized spacial score (nSPS) is 15.0. The third-order valence-electron chi connectivity index (χ3n) is 6.05. The van der Waals surface area contributed by atoms with Crippen molar-refractivity contribution >= 4 is 39.0 Å². The number of aromatic nitrogens is 3. The Hall–Kier alpha value is -3.63. The Labute approximate surface area is 207 Å². The summed E-state index contributed by atoms with van der Waals surface area (Å²) in [5.74, 6) is -0.714. The van der Waals surface area contributed by atoms with E-state index >= 15 is 4.39 Å². The second kappa shape index (κ2) is 10.2. The van der Waals surface area contributed by atoms with Crippen molar-refractivity contribution in [3.05, 3.63) is 54.5 Å². The van der Waals surface area contributed by atoms with Crippen LogP contribution in [0.5, 0.6) is 5.75 Å². The van der Waals surface area contributed by atoms with Crippen LogP contribution in [0.2, 0.25) is 0 Å². The highest BCUT2D eigenvalue weighted by Crippen LogP contribution is 2.38. The molecule has 0 bridgehead atoms. The number of pyridine rings is 1. The van der Waals surface area contributed by atoms with Crippen LogP contribution in [-0.4, -0.2) is 72.9 Å². The Bertz CT molecular complexity index is 1390. The molecular formula is C26H28F2N6O2. The fourth-order valence-corrected chi connectivity index (χ4v) is 4.48. The van der Waals surface area contributed by atoms with Crippen LogP contribution in [0.4, 0.5) is 26.0 Å². The highest BCUT2D eigenvalue weighted by molar-refractivity contribution is 5.98. The number of nitrogens with zero attached hydrogens (tertiary/aromatic N) is 5. The summed E-state index contributed by atoms with van der Waals surface area (Å²) in [6.45, 7) is 5.42. The minimum Gasteiger partial charge on any atom is -0.488 e. The van der Waals surface area contributed by atoms with Gasteiger partial charge in [-0.15, -0.1) is 0 Å². The highest BCUT2D eigenvalue weighted by atomic mass is 19.1. The van der Waals surface area contributed by atoms with Crippen molar-refractivity contribution in [2.24, 2.45) is 0 Å². The van der Waals surface area contributed by atoms with E-state index < -0.39 is 11.6 Å². The van der Waals surface area contributed by atoms with Gasteiger partial charge in [-0.2, -0.15) is 0 Å². The smallest absolute Gasteiger partial charge is 0.159 e. The average molecular weight is 495 g/mol. The SMILES string of the molecule is C[C@H](CN(C)C)Oc1cc(N2CCOCC2)cc2ncnc(Nc3c(F)cc4ncccc4c3F)c12. The summed E-state index contributed by atoms with van der Waals surface area (Å²) < 4.78 is 42.2. The Kier molecular flexibility index (Phi) is 6.80. The number of likely N-dealkylation sites (N-methyl/N-ethyl adjacent to an activating group) is 1. The quantitative estimate of drug-likeness (QED) is 0.406. The summed E-state index contributed by atoms with van der Waals surface area (Å²) in [6, 6.07) is 8.25. The van der Waals surface area contributed by atoms with Crippen molar-refractivity contribution in [3.63, 3.8) is 0 Å². The van der Waals surface area contributed by atoms with Crippen LogP contribution in [0.25, 0.3) is 21.8 Å². The molecule has 1 aliphatic rings. The molecule has 1 saturated heterocycles. The average Bonchev–Trinajstić information content (AvgIpc) is 2.86. The first-order valence-electron chi connectivity index (χ1n) is 11.8. The molecule has 3 heterocycles. The van der Waals surface area contributed by atoms with E-state index in [4.69, 9.17) is 9.47 Å². The van der Waals surface area contributed by atoms with E-state index in [1.807, 2.05) is 38.1 Å². The number of halogens is 2. The fraction of sp³-hybridized carbons (Fsp3) is 0.346. The van der Waals surface area contributed by atoms with E-state index in [0.717, 1.165) is 18.8 Å². The second-order valence-electron chi connectivity index (χ2n) is 9.09. The van der Waals surface area contributed by atoms with Gasteiger partial charge in [0.1, 0.15) is 29.7 Å². The molecule has 0 amide bonds. The van der Waals surface area contributed by atoms with E-state index in [1.54, 1.807) is 12.1 Å². The molecule has 0 aliphatic carbocycles. The molecule has 4 aromatic rings. The van der Waals surface area contributed by atoms with Crippen LogP contribution in [0.1, 0.15) is 6.92 Å². The molecule has 10 heteroatoms. The van der Waals surface area contributed by atoms with Crippen LogP contribution in [-0.2, 0) is 4.74 Å². The first kappa shape index (κ1) is 24.1. The van der Waals surface area contributed by atoms with Gasteiger partial charge in [0, 0.05) is 49.0 Å². The van der Waals surface area contributed by atoms with Gasteiger partial charge in [0.25, 0.3) is 0 Å². The number of hydrogen-bond acceptors (Lipinski definition) is 8. The summed E-state index contributed by atoms with van der Waals surface area (Å²) >= 11 is 0. The molecule has 36 heavy (non-hydrogen) atoms. The number of fused-ring (bicyclic) bond motifs is 2. The van der Waals surface area contributed by atoms with E-state index in [1.165, 1.54) is 18.6 Å². The molecule has 5 rings (SSSR count). The number of morpholine rings is 1. The maximum atomic E-state index is 15.3. The van der Waals surface area contributed by atoms with Crippen molar-refractivity contribution < 1.29 is 18.3 Å². The van der Waals surface area contributed by atoms with E-state index in [2.05, 4.69) is 25.2 Å². The van der Waals surface area contributed by atoms with Crippen LogP contribution in [0.15, 0.2) is 42.9 Å². The maximum Gasteiger partial charge on any atom is 0.159 e. The number of nitrogens with one attached hydrogen (secondary N) is 1.